The summed E-state index contributed by atoms with van der Waals surface area (Å²) in [5.41, 5.74) is 2.22. The molecule has 1 aromatic carbocycles. The van der Waals surface area contributed by atoms with E-state index in [9.17, 15) is 4.39 Å². The molecular formula is C30H42Br2F2N2S2. The van der Waals surface area contributed by atoms with Crippen molar-refractivity contribution in [3.63, 3.8) is 0 Å². The molecule has 3 rings (SSSR count). The minimum Gasteiger partial charge on any atom is -0.203 e. The van der Waals surface area contributed by atoms with Gasteiger partial charge in [0.05, 0.1) is 25.6 Å². The third-order valence-electron chi connectivity index (χ3n) is 7.48. The van der Waals surface area contributed by atoms with Gasteiger partial charge in [-0.15, -0.1) is 11.3 Å². The van der Waals surface area contributed by atoms with Gasteiger partial charge in [-0.3, -0.25) is 0 Å². The molecule has 0 radical (unpaired) electrons. The fourth-order valence-electron chi connectivity index (χ4n) is 5.24. The molecule has 3 aromatic rings. The number of benzene rings is 1. The first kappa shape index (κ1) is 32.1. The van der Waals surface area contributed by atoms with Gasteiger partial charge < -0.3 is 0 Å². The average molecular weight is 693 g/mol. The molecule has 0 aliphatic carbocycles. The number of unbranched alkanes of at least 4 members (excludes halogenated alkanes) is 12. The molecule has 0 fully saturated rings. The zero-order valence-corrected chi connectivity index (χ0v) is 27.7. The Labute approximate surface area is 253 Å². The van der Waals surface area contributed by atoms with E-state index in [1.807, 2.05) is 6.07 Å². The zero-order valence-electron chi connectivity index (χ0n) is 22.9. The van der Waals surface area contributed by atoms with Crippen molar-refractivity contribution in [2.75, 3.05) is 0 Å². The molecule has 38 heavy (non-hydrogen) atoms. The van der Waals surface area contributed by atoms with Crippen LogP contribution in [-0.2, 0) is 6.42 Å². The monoisotopic (exact) mass is 690 g/mol. The van der Waals surface area contributed by atoms with Crippen LogP contribution in [0.3, 0.4) is 0 Å². The van der Waals surface area contributed by atoms with Gasteiger partial charge in [-0.2, -0.15) is 8.75 Å². The number of nitrogens with zero attached hydrogens (tertiary/aromatic N) is 2. The molecule has 0 saturated heterocycles. The van der Waals surface area contributed by atoms with Crippen molar-refractivity contribution in [1.29, 1.82) is 0 Å². The summed E-state index contributed by atoms with van der Waals surface area (Å²) in [6.07, 6.45) is 22.0. The molecule has 0 spiro atoms. The first-order valence-electron chi connectivity index (χ1n) is 14.5. The van der Waals surface area contributed by atoms with E-state index in [1.165, 1.54) is 120 Å². The predicted molar refractivity (Wildman–Crippen MR) is 168 cm³/mol. The van der Waals surface area contributed by atoms with E-state index >= 15 is 4.39 Å². The van der Waals surface area contributed by atoms with Crippen molar-refractivity contribution in [1.82, 2.24) is 8.75 Å². The highest BCUT2D eigenvalue weighted by molar-refractivity contribution is 9.11. The molecule has 0 amide bonds. The number of thiophene rings is 1. The second kappa shape index (κ2) is 17.4. The van der Waals surface area contributed by atoms with Gasteiger partial charge in [-0.05, 0) is 55.8 Å². The van der Waals surface area contributed by atoms with Crippen molar-refractivity contribution in [2.45, 2.75) is 123 Å². The van der Waals surface area contributed by atoms with Gasteiger partial charge in [0, 0.05) is 4.88 Å². The van der Waals surface area contributed by atoms with Crippen LogP contribution in [0.25, 0.3) is 21.5 Å². The van der Waals surface area contributed by atoms with Gasteiger partial charge in [0.15, 0.2) is 11.6 Å². The van der Waals surface area contributed by atoms with Gasteiger partial charge in [-0.1, -0.05) is 117 Å². The Morgan fingerprint density at radius 1 is 0.737 bits per heavy atom. The summed E-state index contributed by atoms with van der Waals surface area (Å²) < 4.78 is 39.3. The van der Waals surface area contributed by atoms with Crippen LogP contribution in [0, 0.1) is 17.6 Å². The van der Waals surface area contributed by atoms with Gasteiger partial charge >= 0.3 is 0 Å². The van der Waals surface area contributed by atoms with Crippen LogP contribution in [-0.4, -0.2) is 8.75 Å². The van der Waals surface area contributed by atoms with E-state index in [1.54, 1.807) is 0 Å². The minimum atomic E-state index is -0.901. The standard InChI is InChI=1S/C30H42Br2F2N2S2/c1-3-5-7-9-11-12-14-16-18-21(17-15-13-10-8-6-4-2)19-22-20-23(37-30(22)32)24-26(33)27(34)25(31)29-28(24)35-38-36-29/h20-21H,3-19H2,1-2H3. The number of hydrogen-bond acceptors (Lipinski definition) is 4. The largest absolute Gasteiger partial charge is 0.203 e. The molecule has 8 heteroatoms. The van der Waals surface area contributed by atoms with Crippen LogP contribution in [0.15, 0.2) is 14.3 Å². The van der Waals surface area contributed by atoms with Crippen LogP contribution < -0.4 is 0 Å². The normalized spacial score (nSPS) is 12.6. The first-order valence-corrected chi connectivity index (χ1v) is 17.7. The molecule has 0 saturated carbocycles. The molecule has 1 atom stereocenters. The zero-order chi connectivity index (χ0) is 27.3. The van der Waals surface area contributed by atoms with E-state index < -0.39 is 11.6 Å². The fraction of sp³-hybridized carbons (Fsp3) is 0.667. The van der Waals surface area contributed by atoms with Gasteiger partial charge in [0.25, 0.3) is 0 Å². The molecule has 0 bridgehead atoms. The maximum Gasteiger partial charge on any atom is 0.176 e. The highest BCUT2D eigenvalue weighted by atomic mass is 79.9. The molecule has 2 aromatic heterocycles. The van der Waals surface area contributed by atoms with Crippen LogP contribution in [0.5, 0.6) is 0 Å². The number of rotatable bonds is 19. The third kappa shape index (κ3) is 9.31. The number of hydrogen-bond donors (Lipinski definition) is 0. The van der Waals surface area contributed by atoms with Gasteiger partial charge in [0.2, 0.25) is 0 Å². The van der Waals surface area contributed by atoms with Crippen LogP contribution in [0.2, 0.25) is 0 Å². The lowest BCUT2D eigenvalue weighted by Gasteiger charge is -2.17. The highest BCUT2D eigenvalue weighted by Gasteiger charge is 2.25. The Morgan fingerprint density at radius 3 is 1.84 bits per heavy atom. The molecule has 2 nitrogen and oxygen atoms in total. The lowest BCUT2D eigenvalue weighted by atomic mass is 9.89. The van der Waals surface area contributed by atoms with Crippen molar-refractivity contribution in [2.24, 2.45) is 5.92 Å². The maximum atomic E-state index is 15.1. The lowest BCUT2D eigenvalue weighted by Crippen LogP contribution is -2.05. The summed E-state index contributed by atoms with van der Waals surface area (Å²) in [7, 11) is 0. The third-order valence-corrected chi connectivity index (χ3v) is 10.7. The van der Waals surface area contributed by atoms with E-state index in [4.69, 9.17) is 0 Å². The average Bonchev–Trinajstić information content (AvgIpc) is 3.53. The number of fused-ring (bicyclic) bond motifs is 1. The summed E-state index contributed by atoms with van der Waals surface area (Å²) in [5, 5.41) is 0. The van der Waals surface area contributed by atoms with Crippen LogP contribution in [0.1, 0.15) is 122 Å². The smallest absolute Gasteiger partial charge is 0.176 e. The minimum absolute atomic E-state index is 0.0442. The quantitative estimate of drug-likeness (QED) is 0.0923. The molecule has 212 valence electrons. The van der Waals surface area contributed by atoms with E-state index in [2.05, 4.69) is 54.5 Å². The Balaban J connectivity index is 1.66. The molecule has 0 aliphatic rings. The molecular weight excluding hydrogens is 650 g/mol. The Kier molecular flexibility index (Phi) is 14.7. The predicted octanol–water partition coefficient (Wildman–Crippen LogP) is 12.7. The summed E-state index contributed by atoms with van der Waals surface area (Å²) in [6.45, 7) is 4.53. The molecule has 2 heterocycles. The summed E-state index contributed by atoms with van der Waals surface area (Å²) in [5.74, 6) is -1.14. The number of halogens is 4. The van der Waals surface area contributed by atoms with Gasteiger partial charge in [0.1, 0.15) is 11.0 Å². The second-order valence-electron chi connectivity index (χ2n) is 10.6. The maximum absolute atomic E-state index is 15.1. The lowest BCUT2D eigenvalue weighted by molar-refractivity contribution is 0.400. The van der Waals surface area contributed by atoms with E-state index in [0.717, 1.165) is 21.9 Å². The Bertz CT molecular complexity index is 1120. The summed E-state index contributed by atoms with van der Waals surface area (Å²) in [4.78, 5) is 0.707. The summed E-state index contributed by atoms with van der Waals surface area (Å²) >= 11 is 9.34. The topological polar surface area (TPSA) is 25.8 Å². The fourth-order valence-corrected chi connectivity index (χ4v) is 8.13. The van der Waals surface area contributed by atoms with E-state index in [0.29, 0.717) is 21.8 Å². The van der Waals surface area contributed by atoms with Crippen molar-refractivity contribution in [3.8, 4) is 10.4 Å². The Hall–Kier alpha value is -0.440. The molecule has 0 aliphatic heterocycles. The molecule has 0 N–H and O–H groups in total. The SMILES string of the molecule is CCCCCCCCCCC(CCCCCCCC)Cc1cc(-c2c(F)c(F)c(Br)c3nsnc23)sc1Br. The van der Waals surface area contributed by atoms with Crippen molar-refractivity contribution >= 4 is 66.0 Å². The van der Waals surface area contributed by atoms with Crippen molar-refractivity contribution < 1.29 is 8.78 Å². The van der Waals surface area contributed by atoms with E-state index in [-0.39, 0.29) is 10.0 Å². The van der Waals surface area contributed by atoms with Crippen LogP contribution in [0.4, 0.5) is 8.78 Å². The first-order chi connectivity index (χ1) is 18.5. The van der Waals surface area contributed by atoms with Gasteiger partial charge in [-0.25, -0.2) is 8.78 Å². The van der Waals surface area contributed by atoms with Crippen molar-refractivity contribution in [3.05, 3.63) is 31.5 Å². The molecule has 1 unspecified atom stereocenters. The highest BCUT2D eigenvalue weighted by Crippen LogP contribution is 2.43. The number of aromatic nitrogens is 2. The Morgan fingerprint density at radius 2 is 1.26 bits per heavy atom. The second-order valence-corrected chi connectivity index (χ2v) is 14.3. The summed E-state index contributed by atoms with van der Waals surface area (Å²) in [6, 6.07) is 2.04. The van der Waals surface area contributed by atoms with Crippen LogP contribution >= 0.6 is 54.9 Å².